The lowest BCUT2D eigenvalue weighted by atomic mass is 10.1. The molecule has 0 radical (unpaired) electrons. The topological polar surface area (TPSA) is 65.4 Å². The number of rotatable bonds is 9. The largest absolute Gasteiger partial charge is 0.452 e. The van der Waals surface area contributed by atoms with Crippen molar-refractivity contribution >= 4 is 40.8 Å². The summed E-state index contributed by atoms with van der Waals surface area (Å²) in [5, 5.41) is 4.46. The highest BCUT2D eigenvalue weighted by atomic mass is 35.5. The standard InChI is InChI=1S/C24H26ClN3O3S/c1-16(17-11-13-18(25)14-12-17)26-21-20(22(29)31-24(2,3)15-30-4)28(23(27-21)32-5)19-9-7-6-8-10-19/h6-14,26H,1,15H2,2-5H3. The van der Waals surface area contributed by atoms with Gasteiger partial charge in [0.2, 0.25) is 0 Å². The quantitative estimate of drug-likeness (QED) is 0.309. The monoisotopic (exact) mass is 471 g/mol. The van der Waals surface area contributed by atoms with Crippen molar-refractivity contribution in [2.75, 3.05) is 25.3 Å². The molecule has 0 unspecified atom stereocenters. The first-order valence-corrected chi connectivity index (χ1v) is 11.5. The zero-order valence-electron chi connectivity index (χ0n) is 18.5. The number of esters is 1. The number of carbonyl (C=O) groups is 1. The number of nitrogens with one attached hydrogen (secondary N) is 1. The van der Waals surface area contributed by atoms with Crippen LogP contribution in [0.5, 0.6) is 0 Å². The number of para-hydroxylation sites is 1. The molecule has 2 aromatic carbocycles. The number of nitrogens with zero attached hydrogens (tertiary/aromatic N) is 2. The lowest BCUT2D eigenvalue weighted by Gasteiger charge is -2.24. The van der Waals surface area contributed by atoms with Crippen LogP contribution in [-0.4, -0.2) is 41.1 Å². The molecule has 32 heavy (non-hydrogen) atoms. The van der Waals surface area contributed by atoms with Crippen LogP contribution in [0, 0.1) is 0 Å². The summed E-state index contributed by atoms with van der Waals surface area (Å²) in [4.78, 5) is 18.1. The highest BCUT2D eigenvalue weighted by molar-refractivity contribution is 7.98. The first-order chi connectivity index (χ1) is 15.3. The van der Waals surface area contributed by atoms with E-state index >= 15 is 0 Å². The van der Waals surface area contributed by atoms with Crippen molar-refractivity contribution in [2.45, 2.75) is 24.6 Å². The Hall–Kier alpha value is -2.74. The predicted octanol–water partition coefficient (Wildman–Crippen LogP) is 5.91. The van der Waals surface area contributed by atoms with Crippen LogP contribution >= 0.6 is 23.4 Å². The van der Waals surface area contributed by atoms with Gasteiger partial charge in [-0.15, -0.1) is 0 Å². The maximum absolute atomic E-state index is 13.4. The Kier molecular flexibility index (Phi) is 7.66. The van der Waals surface area contributed by atoms with Gasteiger partial charge in [0.15, 0.2) is 16.7 Å². The number of methoxy groups -OCH3 is 1. The minimum atomic E-state index is -0.818. The van der Waals surface area contributed by atoms with E-state index in [4.69, 9.17) is 21.1 Å². The molecule has 0 amide bonds. The van der Waals surface area contributed by atoms with Crippen molar-refractivity contribution in [3.05, 3.63) is 77.5 Å². The molecule has 1 N–H and O–H groups in total. The van der Waals surface area contributed by atoms with Crippen LogP contribution in [0.25, 0.3) is 11.4 Å². The van der Waals surface area contributed by atoms with Crippen molar-refractivity contribution in [1.29, 1.82) is 0 Å². The van der Waals surface area contributed by atoms with Crippen molar-refractivity contribution in [3.8, 4) is 5.69 Å². The molecule has 0 aliphatic rings. The van der Waals surface area contributed by atoms with E-state index in [1.54, 1.807) is 37.7 Å². The molecule has 3 aromatic rings. The molecule has 168 valence electrons. The lowest BCUT2D eigenvalue weighted by molar-refractivity contribution is -0.0370. The molecule has 0 atom stereocenters. The molecule has 0 saturated heterocycles. The fraction of sp³-hybridized carbons (Fsp3) is 0.250. The van der Waals surface area contributed by atoms with E-state index in [2.05, 4.69) is 16.9 Å². The summed E-state index contributed by atoms with van der Waals surface area (Å²) in [7, 11) is 1.57. The molecular formula is C24H26ClN3O3S. The molecule has 6 nitrogen and oxygen atoms in total. The Balaban J connectivity index is 2.07. The highest BCUT2D eigenvalue weighted by Crippen LogP contribution is 2.31. The van der Waals surface area contributed by atoms with Crippen LogP contribution in [0.15, 0.2) is 66.3 Å². The van der Waals surface area contributed by atoms with Crippen LogP contribution in [-0.2, 0) is 9.47 Å². The van der Waals surface area contributed by atoms with E-state index < -0.39 is 11.6 Å². The predicted molar refractivity (Wildman–Crippen MR) is 131 cm³/mol. The van der Waals surface area contributed by atoms with Gasteiger partial charge in [-0.3, -0.25) is 4.57 Å². The third-order valence-electron chi connectivity index (χ3n) is 4.56. The molecule has 0 bridgehead atoms. The van der Waals surface area contributed by atoms with Gasteiger partial charge in [-0.1, -0.05) is 60.3 Å². The van der Waals surface area contributed by atoms with Gasteiger partial charge in [0, 0.05) is 23.5 Å². The second-order valence-electron chi connectivity index (χ2n) is 7.66. The smallest absolute Gasteiger partial charge is 0.359 e. The van der Waals surface area contributed by atoms with Gasteiger partial charge in [0.25, 0.3) is 0 Å². The van der Waals surface area contributed by atoms with E-state index in [1.165, 1.54) is 11.8 Å². The number of thioether (sulfide) groups is 1. The molecule has 0 aliphatic carbocycles. The minimum absolute atomic E-state index is 0.258. The molecular weight excluding hydrogens is 446 g/mol. The van der Waals surface area contributed by atoms with E-state index in [9.17, 15) is 4.79 Å². The number of hydrogen-bond donors (Lipinski definition) is 1. The second kappa shape index (κ2) is 10.3. The fourth-order valence-corrected chi connectivity index (χ4v) is 3.86. The Bertz CT molecular complexity index is 1100. The van der Waals surface area contributed by atoms with Crippen molar-refractivity contribution < 1.29 is 14.3 Å². The van der Waals surface area contributed by atoms with Crippen LogP contribution in [0.2, 0.25) is 5.02 Å². The number of aromatic nitrogens is 2. The van der Waals surface area contributed by atoms with Crippen molar-refractivity contribution in [3.63, 3.8) is 0 Å². The third kappa shape index (κ3) is 5.54. The van der Waals surface area contributed by atoms with E-state index in [0.29, 0.717) is 21.7 Å². The summed E-state index contributed by atoms with van der Waals surface area (Å²) in [6.07, 6.45) is 1.91. The highest BCUT2D eigenvalue weighted by Gasteiger charge is 2.31. The maximum Gasteiger partial charge on any atom is 0.359 e. The van der Waals surface area contributed by atoms with Gasteiger partial charge in [0.1, 0.15) is 5.60 Å². The van der Waals surface area contributed by atoms with Crippen molar-refractivity contribution in [2.24, 2.45) is 0 Å². The van der Waals surface area contributed by atoms with Crippen LogP contribution < -0.4 is 5.32 Å². The zero-order valence-corrected chi connectivity index (χ0v) is 20.1. The van der Waals surface area contributed by atoms with E-state index in [-0.39, 0.29) is 12.3 Å². The Labute approximate surface area is 197 Å². The van der Waals surface area contributed by atoms with Crippen LogP contribution in [0.3, 0.4) is 0 Å². The van der Waals surface area contributed by atoms with Crippen LogP contribution in [0.1, 0.15) is 29.9 Å². The molecule has 0 spiro atoms. The number of halogens is 1. The summed E-state index contributed by atoms with van der Waals surface area (Å²) in [6, 6.07) is 16.8. The zero-order chi connectivity index (χ0) is 23.3. The number of ether oxygens (including phenoxy) is 2. The summed E-state index contributed by atoms with van der Waals surface area (Å²) < 4.78 is 12.8. The van der Waals surface area contributed by atoms with E-state index in [0.717, 1.165) is 11.3 Å². The summed E-state index contributed by atoms with van der Waals surface area (Å²) in [5.41, 5.74) is 1.66. The van der Waals surface area contributed by atoms with Gasteiger partial charge >= 0.3 is 5.97 Å². The third-order valence-corrected chi connectivity index (χ3v) is 5.45. The summed E-state index contributed by atoms with van der Waals surface area (Å²) in [5.74, 6) is -0.161. The molecule has 8 heteroatoms. The number of carbonyl (C=O) groups excluding carboxylic acids is 1. The van der Waals surface area contributed by atoms with E-state index in [1.807, 2.05) is 48.7 Å². The van der Waals surface area contributed by atoms with Gasteiger partial charge < -0.3 is 14.8 Å². The summed E-state index contributed by atoms with van der Waals surface area (Å²) in [6.45, 7) is 7.96. The average Bonchev–Trinajstić information content (AvgIpc) is 3.12. The average molecular weight is 472 g/mol. The number of benzene rings is 2. The maximum atomic E-state index is 13.4. The van der Waals surface area contributed by atoms with Gasteiger partial charge in [-0.25, -0.2) is 9.78 Å². The molecule has 3 rings (SSSR count). The van der Waals surface area contributed by atoms with Gasteiger partial charge in [-0.05, 0) is 49.9 Å². The number of imidazole rings is 1. The molecule has 0 saturated carbocycles. The SMILES string of the molecule is C=C(Nc1nc(SC)n(-c2ccccc2)c1C(=O)OC(C)(C)COC)c1ccc(Cl)cc1. The van der Waals surface area contributed by atoms with Gasteiger partial charge in [0.05, 0.1) is 6.61 Å². The number of hydrogen-bond acceptors (Lipinski definition) is 6. The molecule has 1 heterocycles. The second-order valence-corrected chi connectivity index (χ2v) is 8.87. The molecule has 0 aliphatic heterocycles. The Morgan fingerprint density at radius 2 is 1.84 bits per heavy atom. The minimum Gasteiger partial charge on any atom is -0.452 e. The first kappa shape index (κ1) is 23.9. The fourth-order valence-electron chi connectivity index (χ4n) is 3.17. The Morgan fingerprint density at radius 3 is 2.44 bits per heavy atom. The molecule has 1 aromatic heterocycles. The Morgan fingerprint density at radius 1 is 1.19 bits per heavy atom. The molecule has 0 fully saturated rings. The van der Waals surface area contributed by atoms with Gasteiger partial charge in [-0.2, -0.15) is 0 Å². The number of anilines is 1. The summed E-state index contributed by atoms with van der Waals surface area (Å²) >= 11 is 7.43. The van der Waals surface area contributed by atoms with Crippen molar-refractivity contribution in [1.82, 2.24) is 9.55 Å². The van der Waals surface area contributed by atoms with Crippen LogP contribution in [0.4, 0.5) is 5.82 Å². The lowest BCUT2D eigenvalue weighted by Crippen LogP contribution is -2.33. The normalized spacial score (nSPS) is 11.3. The first-order valence-electron chi connectivity index (χ1n) is 9.92.